The second kappa shape index (κ2) is 9.82. The van der Waals surface area contributed by atoms with E-state index in [0.717, 1.165) is 95.3 Å². The van der Waals surface area contributed by atoms with Gasteiger partial charge in [-0.2, -0.15) is 0 Å². The molecule has 0 radical (unpaired) electrons. The Balaban J connectivity index is 1.43. The number of sulfone groups is 1. The number of aromatic hydroxyl groups is 1. The van der Waals surface area contributed by atoms with Gasteiger partial charge in [0.25, 0.3) is 0 Å². The standard InChI is InChI=1S/C38H43NO4S/c1-24-17-31-30(19-29(24)25-7-9-26(10-8-25)39-13-15-43-16-14-39)34(40)20-33-35(31)28-12-11-27(44(6,41)42)18-32(28)38(33)22-36(2,3)21-37(4,5)23-38/h7-12,17-20,40H,13-16,21-23H2,1-6H3. The van der Waals surface area contributed by atoms with Crippen LogP contribution in [0.25, 0.3) is 33.0 Å². The molecule has 0 unspecified atom stereocenters. The van der Waals surface area contributed by atoms with E-state index in [-0.39, 0.29) is 22.0 Å². The molecule has 7 rings (SSSR count). The molecule has 6 heteroatoms. The number of hydrogen-bond donors (Lipinski definition) is 1. The van der Waals surface area contributed by atoms with Gasteiger partial charge in [-0.1, -0.05) is 52.0 Å². The summed E-state index contributed by atoms with van der Waals surface area (Å²) in [5.41, 5.74) is 8.70. The van der Waals surface area contributed by atoms with Crippen molar-refractivity contribution in [1.82, 2.24) is 0 Å². The van der Waals surface area contributed by atoms with Crippen molar-refractivity contribution in [3.8, 4) is 28.0 Å². The maximum Gasteiger partial charge on any atom is 0.175 e. The summed E-state index contributed by atoms with van der Waals surface area (Å²) in [6.07, 6.45) is 4.17. The lowest BCUT2D eigenvalue weighted by Gasteiger charge is -2.51. The summed E-state index contributed by atoms with van der Waals surface area (Å²) >= 11 is 0. The lowest BCUT2D eigenvalue weighted by molar-refractivity contribution is 0.0644. The molecule has 0 bridgehead atoms. The van der Waals surface area contributed by atoms with Crippen molar-refractivity contribution in [2.24, 2.45) is 10.8 Å². The van der Waals surface area contributed by atoms with Crippen LogP contribution in [0.4, 0.5) is 5.69 Å². The normalized spacial score (nSPS) is 20.1. The zero-order valence-electron chi connectivity index (χ0n) is 26.8. The molecule has 2 aliphatic carbocycles. The minimum atomic E-state index is -3.39. The second-order valence-corrected chi connectivity index (χ2v) is 17.1. The van der Waals surface area contributed by atoms with Crippen molar-refractivity contribution in [1.29, 1.82) is 0 Å². The Bertz CT molecular complexity index is 1900. The summed E-state index contributed by atoms with van der Waals surface area (Å²) in [7, 11) is -3.39. The molecule has 4 aromatic carbocycles. The lowest BCUT2D eigenvalue weighted by atomic mass is 9.52. The molecule has 0 amide bonds. The average molecular weight is 610 g/mol. The summed E-state index contributed by atoms with van der Waals surface area (Å²) in [5, 5.41) is 13.6. The zero-order valence-corrected chi connectivity index (χ0v) is 27.6. The molecule has 44 heavy (non-hydrogen) atoms. The van der Waals surface area contributed by atoms with Gasteiger partial charge in [0.15, 0.2) is 9.84 Å². The number of benzene rings is 4. The first kappa shape index (κ1) is 29.4. The average Bonchev–Trinajstić information content (AvgIpc) is 3.18. The van der Waals surface area contributed by atoms with E-state index in [0.29, 0.717) is 4.90 Å². The Hall–Kier alpha value is -3.35. The number of ether oxygens (including phenoxy) is 1. The Morgan fingerprint density at radius 2 is 1.43 bits per heavy atom. The first-order chi connectivity index (χ1) is 20.7. The highest BCUT2D eigenvalue weighted by Gasteiger charge is 2.54. The van der Waals surface area contributed by atoms with Crippen molar-refractivity contribution in [2.75, 3.05) is 37.5 Å². The number of phenols is 1. The van der Waals surface area contributed by atoms with E-state index in [2.05, 4.69) is 75.9 Å². The third kappa shape index (κ3) is 4.73. The first-order valence-corrected chi connectivity index (χ1v) is 17.7. The minimum Gasteiger partial charge on any atom is -0.507 e. The highest BCUT2D eigenvalue weighted by atomic mass is 32.2. The Morgan fingerprint density at radius 1 is 0.773 bits per heavy atom. The maximum atomic E-state index is 12.8. The summed E-state index contributed by atoms with van der Waals surface area (Å²) in [4.78, 5) is 2.71. The summed E-state index contributed by atoms with van der Waals surface area (Å²) in [6, 6.07) is 20.8. The Morgan fingerprint density at radius 3 is 2.07 bits per heavy atom. The van der Waals surface area contributed by atoms with Crippen LogP contribution in [0.3, 0.4) is 0 Å². The minimum absolute atomic E-state index is 0.0411. The van der Waals surface area contributed by atoms with Crippen LogP contribution in [0.15, 0.2) is 65.6 Å². The fraction of sp³-hybridized carbons (Fsp3) is 0.421. The van der Waals surface area contributed by atoms with Crippen molar-refractivity contribution in [3.63, 3.8) is 0 Å². The van der Waals surface area contributed by atoms with Crippen LogP contribution in [0.5, 0.6) is 5.75 Å². The van der Waals surface area contributed by atoms with Gasteiger partial charge in [-0.05, 0) is 118 Å². The van der Waals surface area contributed by atoms with Gasteiger partial charge in [0.2, 0.25) is 0 Å². The Labute approximate surface area is 261 Å². The van der Waals surface area contributed by atoms with Crippen LogP contribution in [0.2, 0.25) is 0 Å². The van der Waals surface area contributed by atoms with Crippen molar-refractivity contribution < 1.29 is 18.3 Å². The largest absolute Gasteiger partial charge is 0.507 e. The number of nitrogens with zero attached hydrogens (tertiary/aromatic N) is 1. The van der Waals surface area contributed by atoms with Crippen LogP contribution < -0.4 is 4.90 Å². The summed E-state index contributed by atoms with van der Waals surface area (Å²) in [6.45, 7) is 14.8. The molecule has 1 aliphatic heterocycles. The fourth-order valence-corrected chi connectivity index (χ4v) is 9.87. The predicted octanol–water partition coefficient (Wildman–Crippen LogP) is 8.26. The summed E-state index contributed by atoms with van der Waals surface area (Å²) in [5.74, 6) is 0.279. The van der Waals surface area contributed by atoms with Crippen LogP contribution in [0, 0.1) is 17.8 Å². The monoisotopic (exact) mass is 609 g/mol. The molecule has 230 valence electrons. The quantitative estimate of drug-likeness (QED) is 0.253. The molecule has 1 heterocycles. The highest BCUT2D eigenvalue weighted by Crippen LogP contribution is 2.65. The third-order valence-electron chi connectivity index (χ3n) is 10.3. The molecule has 5 nitrogen and oxygen atoms in total. The molecule has 0 aromatic heterocycles. The number of hydrogen-bond acceptors (Lipinski definition) is 5. The predicted molar refractivity (Wildman–Crippen MR) is 180 cm³/mol. The molecule has 1 saturated heterocycles. The number of fused-ring (bicyclic) bond motifs is 7. The van der Waals surface area contributed by atoms with Gasteiger partial charge < -0.3 is 14.7 Å². The van der Waals surface area contributed by atoms with Crippen LogP contribution in [-0.2, 0) is 20.0 Å². The van der Waals surface area contributed by atoms with E-state index in [9.17, 15) is 13.5 Å². The molecule has 2 fully saturated rings. The summed E-state index contributed by atoms with van der Waals surface area (Å²) < 4.78 is 31.1. The fourth-order valence-electron chi connectivity index (χ4n) is 9.22. The van der Waals surface area contributed by atoms with Crippen molar-refractivity contribution in [3.05, 3.63) is 77.4 Å². The van der Waals surface area contributed by atoms with E-state index in [1.54, 1.807) is 6.07 Å². The maximum absolute atomic E-state index is 12.8. The zero-order chi connectivity index (χ0) is 31.2. The van der Waals surface area contributed by atoms with Crippen molar-refractivity contribution in [2.45, 2.75) is 64.2 Å². The van der Waals surface area contributed by atoms with Gasteiger partial charge in [-0.3, -0.25) is 0 Å². The molecule has 1 saturated carbocycles. The molecule has 1 spiro atoms. The molecular weight excluding hydrogens is 566 g/mol. The Kier molecular flexibility index (Phi) is 6.56. The number of phenolic OH excluding ortho intramolecular Hbond substituents is 1. The molecule has 0 atom stereocenters. The van der Waals surface area contributed by atoms with E-state index < -0.39 is 9.84 Å². The highest BCUT2D eigenvalue weighted by molar-refractivity contribution is 7.90. The molecular formula is C38H43NO4S. The van der Waals surface area contributed by atoms with E-state index in [1.165, 1.54) is 11.9 Å². The van der Waals surface area contributed by atoms with E-state index in [4.69, 9.17) is 4.74 Å². The van der Waals surface area contributed by atoms with E-state index >= 15 is 0 Å². The number of morpholine rings is 1. The number of rotatable bonds is 3. The second-order valence-electron chi connectivity index (χ2n) is 15.1. The number of aryl methyl sites for hydroxylation is 1. The van der Waals surface area contributed by atoms with Gasteiger partial charge in [0.05, 0.1) is 18.1 Å². The van der Waals surface area contributed by atoms with Crippen LogP contribution in [-0.4, -0.2) is 46.1 Å². The van der Waals surface area contributed by atoms with Crippen LogP contribution in [0.1, 0.15) is 63.6 Å². The SMILES string of the molecule is Cc1cc2c3c(cc(O)c2cc1-c1ccc(N2CCOCC2)cc1)C1(CC(C)(C)CC(C)(C)C1)c1cc(S(C)(=O)=O)ccc1-3. The van der Waals surface area contributed by atoms with Gasteiger partial charge in [-0.15, -0.1) is 0 Å². The third-order valence-corrected chi connectivity index (χ3v) is 11.4. The topological polar surface area (TPSA) is 66.8 Å². The van der Waals surface area contributed by atoms with Crippen molar-refractivity contribution >= 4 is 26.3 Å². The number of anilines is 1. The smallest absolute Gasteiger partial charge is 0.175 e. The van der Waals surface area contributed by atoms with Gasteiger partial charge >= 0.3 is 0 Å². The molecule has 1 N–H and O–H groups in total. The van der Waals surface area contributed by atoms with Crippen LogP contribution >= 0.6 is 0 Å². The van der Waals surface area contributed by atoms with Gasteiger partial charge in [-0.25, -0.2) is 8.42 Å². The molecule has 3 aliphatic rings. The van der Waals surface area contributed by atoms with Gasteiger partial charge in [0.1, 0.15) is 5.75 Å². The first-order valence-electron chi connectivity index (χ1n) is 15.8. The lowest BCUT2D eigenvalue weighted by Crippen LogP contribution is -2.44. The molecule has 4 aromatic rings. The van der Waals surface area contributed by atoms with Gasteiger partial charge in [0, 0.05) is 35.8 Å². The van der Waals surface area contributed by atoms with E-state index in [1.807, 2.05) is 18.2 Å².